The highest BCUT2D eigenvalue weighted by Crippen LogP contribution is 2.44. The van der Waals surface area contributed by atoms with Crippen molar-refractivity contribution in [2.75, 3.05) is 0 Å². The van der Waals surface area contributed by atoms with Gasteiger partial charge in [-0.15, -0.1) is 0 Å². The van der Waals surface area contributed by atoms with Crippen LogP contribution in [0, 0.1) is 0 Å². The van der Waals surface area contributed by atoms with E-state index in [0.29, 0.717) is 5.92 Å². The molecule has 0 aliphatic carbocycles. The normalized spacial score (nSPS) is 20.2. The average molecular weight is 324 g/mol. The molecule has 1 aromatic heterocycles. The number of benzene rings is 2. The molecule has 3 aromatic rings. The van der Waals surface area contributed by atoms with Gasteiger partial charge in [-0.3, -0.25) is 0 Å². The van der Waals surface area contributed by atoms with Gasteiger partial charge in [0, 0.05) is 22.8 Å². The van der Waals surface area contributed by atoms with Crippen molar-refractivity contribution in [1.29, 1.82) is 0 Å². The summed E-state index contributed by atoms with van der Waals surface area (Å²) < 4.78 is 6.23. The summed E-state index contributed by atoms with van der Waals surface area (Å²) in [6.45, 7) is 0. The van der Waals surface area contributed by atoms with Crippen LogP contribution in [-0.4, -0.2) is 5.44 Å². The molecule has 3 heteroatoms. The van der Waals surface area contributed by atoms with E-state index in [1.807, 2.05) is 11.8 Å². The van der Waals surface area contributed by atoms with E-state index in [1.165, 1.54) is 16.0 Å². The Balaban J connectivity index is 1.65. The Morgan fingerprint density at radius 2 is 1.77 bits per heavy atom. The molecule has 0 saturated carbocycles. The van der Waals surface area contributed by atoms with Crippen molar-refractivity contribution in [3.8, 4) is 5.75 Å². The van der Waals surface area contributed by atoms with Crippen LogP contribution in [0.15, 0.2) is 76.3 Å². The topological polar surface area (TPSA) is 9.23 Å². The largest absolute Gasteiger partial charge is 0.479 e. The van der Waals surface area contributed by atoms with Crippen molar-refractivity contribution in [1.82, 2.24) is 0 Å². The van der Waals surface area contributed by atoms with E-state index in [2.05, 4.69) is 71.4 Å². The van der Waals surface area contributed by atoms with Crippen molar-refractivity contribution >= 4 is 23.1 Å². The number of thioether (sulfide) groups is 1. The maximum atomic E-state index is 6.23. The van der Waals surface area contributed by atoms with Crippen LogP contribution in [0.1, 0.15) is 23.5 Å². The zero-order valence-corrected chi connectivity index (χ0v) is 13.6. The molecule has 0 spiro atoms. The maximum absolute atomic E-state index is 6.23. The van der Waals surface area contributed by atoms with Crippen molar-refractivity contribution in [3.05, 3.63) is 82.6 Å². The molecule has 0 fully saturated rings. The highest BCUT2D eigenvalue weighted by Gasteiger charge is 2.29. The minimum atomic E-state index is 0.155. The highest BCUT2D eigenvalue weighted by atomic mass is 32.2. The Morgan fingerprint density at radius 1 is 0.955 bits per heavy atom. The van der Waals surface area contributed by atoms with Gasteiger partial charge < -0.3 is 4.74 Å². The molecule has 2 atom stereocenters. The zero-order valence-electron chi connectivity index (χ0n) is 12.0. The maximum Gasteiger partial charge on any atom is 0.149 e. The van der Waals surface area contributed by atoms with Crippen LogP contribution in [0.5, 0.6) is 5.75 Å². The molecule has 0 radical (unpaired) electrons. The fourth-order valence-corrected chi connectivity index (χ4v) is 4.67. The minimum Gasteiger partial charge on any atom is -0.479 e. The molecule has 0 bridgehead atoms. The third-order valence-corrected chi connectivity index (χ3v) is 5.73. The lowest BCUT2D eigenvalue weighted by Gasteiger charge is -2.31. The molecule has 1 aliphatic rings. The van der Waals surface area contributed by atoms with E-state index in [-0.39, 0.29) is 5.44 Å². The van der Waals surface area contributed by atoms with E-state index in [9.17, 15) is 0 Å². The molecule has 110 valence electrons. The zero-order chi connectivity index (χ0) is 14.8. The molecule has 22 heavy (non-hydrogen) atoms. The van der Waals surface area contributed by atoms with E-state index in [1.54, 1.807) is 11.3 Å². The lowest BCUT2D eigenvalue weighted by molar-refractivity contribution is 0.245. The predicted octanol–water partition coefficient (Wildman–Crippen LogP) is 5.78. The Morgan fingerprint density at radius 3 is 2.59 bits per heavy atom. The number of fused-ring (bicyclic) bond motifs is 1. The van der Waals surface area contributed by atoms with Gasteiger partial charge in [0.25, 0.3) is 0 Å². The van der Waals surface area contributed by atoms with Gasteiger partial charge in [-0.1, -0.05) is 48.2 Å². The van der Waals surface area contributed by atoms with Gasteiger partial charge in [0.2, 0.25) is 0 Å². The molecule has 0 saturated heterocycles. The summed E-state index contributed by atoms with van der Waals surface area (Å²) in [7, 11) is 0. The fourth-order valence-electron chi connectivity index (χ4n) is 2.90. The van der Waals surface area contributed by atoms with Crippen LogP contribution in [0.3, 0.4) is 0 Å². The van der Waals surface area contributed by atoms with Gasteiger partial charge in [-0.2, -0.15) is 11.3 Å². The summed E-state index contributed by atoms with van der Waals surface area (Å²) in [6, 6.07) is 21.2. The van der Waals surface area contributed by atoms with Crippen LogP contribution in [0.25, 0.3) is 0 Å². The lowest BCUT2D eigenvalue weighted by atomic mass is 9.88. The van der Waals surface area contributed by atoms with E-state index < -0.39 is 0 Å². The summed E-state index contributed by atoms with van der Waals surface area (Å²) in [6.07, 6.45) is 1.01. The Hall–Kier alpha value is -1.71. The first-order valence-corrected chi connectivity index (χ1v) is 9.22. The van der Waals surface area contributed by atoms with Crippen LogP contribution in [0.2, 0.25) is 0 Å². The number of para-hydroxylation sites is 1. The summed E-state index contributed by atoms with van der Waals surface area (Å²) in [5.41, 5.74) is 2.87. The summed E-state index contributed by atoms with van der Waals surface area (Å²) in [5, 5.41) is 4.42. The molecule has 1 nitrogen and oxygen atoms in total. The molecular formula is C19H16OS2. The van der Waals surface area contributed by atoms with Crippen molar-refractivity contribution in [2.45, 2.75) is 22.7 Å². The molecular weight excluding hydrogens is 308 g/mol. The molecule has 2 heterocycles. The van der Waals surface area contributed by atoms with Crippen LogP contribution in [0.4, 0.5) is 0 Å². The standard InChI is InChI=1S/C19H16OS2/c1-2-6-15(7-3-1)22-19-12-17(14-10-11-21-13-14)16-8-4-5-9-18(16)20-19/h1-11,13,17,19H,12H2/t17-,19-/m0/s1. The van der Waals surface area contributed by atoms with Gasteiger partial charge in [0.1, 0.15) is 11.2 Å². The molecule has 1 aliphatic heterocycles. The van der Waals surface area contributed by atoms with E-state index in [4.69, 9.17) is 4.74 Å². The minimum absolute atomic E-state index is 0.155. The molecule has 0 unspecified atom stereocenters. The number of hydrogen-bond acceptors (Lipinski definition) is 3. The Kier molecular flexibility index (Phi) is 3.92. The van der Waals surface area contributed by atoms with Gasteiger partial charge in [-0.05, 0) is 40.6 Å². The molecule has 0 N–H and O–H groups in total. The van der Waals surface area contributed by atoms with Gasteiger partial charge in [0.15, 0.2) is 0 Å². The monoisotopic (exact) mass is 324 g/mol. The van der Waals surface area contributed by atoms with Gasteiger partial charge in [0.05, 0.1) is 0 Å². The second-order valence-electron chi connectivity index (χ2n) is 5.36. The molecule has 2 aromatic carbocycles. The summed E-state index contributed by atoms with van der Waals surface area (Å²) >= 11 is 3.58. The van der Waals surface area contributed by atoms with Crippen LogP contribution in [-0.2, 0) is 0 Å². The van der Waals surface area contributed by atoms with Crippen molar-refractivity contribution < 1.29 is 4.74 Å². The second-order valence-corrected chi connectivity index (χ2v) is 7.37. The predicted molar refractivity (Wildman–Crippen MR) is 93.9 cm³/mol. The molecule has 4 rings (SSSR count). The summed E-state index contributed by atoms with van der Waals surface area (Å²) in [5.74, 6) is 1.45. The third kappa shape index (κ3) is 2.79. The fraction of sp³-hybridized carbons (Fsp3) is 0.158. The molecule has 0 amide bonds. The number of rotatable bonds is 3. The van der Waals surface area contributed by atoms with E-state index >= 15 is 0 Å². The Labute approximate surface area is 139 Å². The van der Waals surface area contributed by atoms with Crippen LogP contribution >= 0.6 is 23.1 Å². The smallest absolute Gasteiger partial charge is 0.149 e. The van der Waals surface area contributed by atoms with Gasteiger partial charge in [-0.25, -0.2) is 0 Å². The SMILES string of the molecule is c1ccc(S[C@H]2C[C@@H](c3ccsc3)c3ccccc3O2)cc1. The van der Waals surface area contributed by atoms with Crippen molar-refractivity contribution in [2.24, 2.45) is 0 Å². The highest BCUT2D eigenvalue weighted by molar-refractivity contribution is 7.99. The number of ether oxygens (including phenoxy) is 1. The lowest BCUT2D eigenvalue weighted by Crippen LogP contribution is -2.23. The average Bonchev–Trinajstić information content (AvgIpc) is 3.09. The number of thiophene rings is 1. The first-order chi connectivity index (χ1) is 10.9. The van der Waals surface area contributed by atoms with E-state index in [0.717, 1.165) is 12.2 Å². The third-order valence-electron chi connectivity index (χ3n) is 3.94. The quantitative estimate of drug-likeness (QED) is 0.604. The Bertz CT molecular complexity index is 737. The first-order valence-electron chi connectivity index (χ1n) is 7.39. The first kappa shape index (κ1) is 13.9. The van der Waals surface area contributed by atoms with Crippen LogP contribution < -0.4 is 4.74 Å². The summed E-state index contributed by atoms with van der Waals surface area (Å²) in [4.78, 5) is 1.26. The number of hydrogen-bond donors (Lipinski definition) is 0. The van der Waals surface area contributed by atoms with Gasteiger partial charge >= 0.3 is 0 Å². The second kappa shape index (κ2) is 6.19. The van der Waals surface area contributed by atoms with Crippen molar-refractivity contribution in [3.63, 3.8) is 0 Å².